The van der Waals surface area contributed by atoms with Crippen molar-refractivity contribution in [3.63, 3.8) is 0 Å². The third kappa shape index (κ3) is 3.66. The Labute approximate surface area is 217 Å². The average Bonchev–Trinajstić information content (AvgIpc) is 2.89. The topological polar surface area (TPSA) is 0 Å². The van der Waals surface area contributed by atoms with Gasteiger partial charge in [-0.3, -0.25) is 0 Å². The van der Waals surface area contributed by atoms with Crippen LogP contribution in [-0.2, 0) is 0 Å². The summed E-state index contributed by atoms with van der Waals surface area (Å²) in [7, 11) is 0. The van der Waals surface area contributed by atoms with Crippen molar-refractivity contribution in [2.45, 2.75) is 34.6 Å². The molecule has 0 aromatic heterocycles. The van der Waals surface area contributed by atoms with Crippen LogP contribution in [0.5, 0.6) is 0 Å². The van der Waals surface area contributed by atoms with Crippen LogP contribution < -0.4 is 17.6 Å². The molecule has 5 rings (SSSR count). The van der Waals surface area contributed by atoms with Crippen molar-refractivity contribution in [1.29, 1.82) is 0 Å². The number of hydrogen-bond donors (Lipinski definition) is 0. The van der Waals surface area contributed by atoms with E-state index in [9.17, 15) is 0 Å². The van der Waals surface area contributed by atoms with Crippen LogP contribution in [0.3, 0.4) is 0 Å². The normalized spacial score (nSPS) is 12.6. The van der Waals surface area contributed by atoms with Gasteiger partial charge in [0.2, 0.25) is 0 Å². The van der Waals surface area contributed by atoms with Crippen LogP contribution in [0.15, 0.2) is 121 Å². The molecule has 0 heterocycles. The van der Waals surface area contributed by atoms with Gasteiger partial charge in [-0.2, -0.15) is 0 Å². The first kappa shape index (κ1) is 24.6. The average molecular weight is 577 g/mol. The first-order valence-electron chi connectivity index (χ1n) is 12.7. The van der Waals surface area contributed by atoms with Crippen LogP contribution in [0.1, 0.15) is 27.8 Å². The van der Waals surface area contributed by atoms with Gasteiger partial charge >= 0.3 is 219 Å². The van der Waals surface area contributed by atoms with Gasteiger partial charge < -0.3 is 0 Å². The summed E-state index contributed by atoms with van der Waals surface area (Å²) >= 11 is -4.61. The van der Waals surface area contributed by atoms with E-state index in [0.29, 0.717) is 0 Å². The van der Waals surface area contributed by atoms with E-state index in [1.165, 1.54) is 45.4 Å². The van der Waals surface area contributed by atoms with Crippen LogP contribution in [-0.4, -0.2) is 17.4 Å². The standard InChI is InChI=1S/5C7H7.Sb/c5*1-7-5-3-2-4-6-7;/h5*3-6H,1H3;. The van der Waals surface area contributed by atoms with Crippen LogP contribution in [0, 0.1) is 34.6 Å². The summed E-state index contributed by atoms with van der Waals surface area (Å²) in [4.78, 5) is 0. The summed E-state index contributed by atoms with van der Waals surface area (Å²) in [5.41, 5.74) is 6.43. The summed E-state index contributed by atoms with van der Waals surface area (Å²) < 4.78 is 7.19. The molecule has 36 heavy (non-hydrogen) atoms. The van der Waals surface area contributed by atoms with E-state index >= 15 is 0 Å². The van der Waals surface area contributed by atoms with Crippen LogP contribution in [0.2, 0.25) is 0 Å². The summed E-state index contributed by atoms with van der Waals surface area (Å²) in [5, 5.41) is 0. The van der Waals surface area contributed by atoms with Crippen molar-refractivity contribution in [2.24, 2.45) is 0 Å². The molecule has 0 aliphatic heterocycles. The maximum atomic E-state index is 2.41. The first-order chi connectivity index (χ1) is 17.3. The van der Waals surface area contributed by atoms with Gasteiger partial charge in [-0.25, -0.2) is 0 Å². The van der Waals surface area contributed by atoms with Gasteiger partial charge in [-0.15, -0.1) is 0 Å². The summed E-state index contributed by atoms with van der Waals surface area (Å²) in [6, 6.07) is 47.1. The van der Waals surface area contributed by atoms with E-state index in [1.54, 1.807) is 0 Å². The molecular weight excluding hydrogens is 542 g/mol. The Balaban J connectivity index is 2.12. The molecule has 0 atom stereocenters. The summed E-state index contributed by atoms with van der Waals surface area (Å²) in [5.74, 6) is 0. The van der Waals surface area contributed by atoms with Crippen LogP contribution in [0.25, 0.3) is 0 Å². The molecule has 0 amide bonds. The van der Waals surface area contributed by atoms with E-state index in [4.69, 9.17) is 0 Å². The summed E-state index contributed by atoms with van der Waals surface area (Å²) in [6.07, 6.45) is 0. The van der Waals surface area contributed by atoms with Gasteiger partial charge in [-0.1, -0.05) is 0 Å². The van der Waals surface area contributed by atoms with Crippen LogP contribution >= 0.6 is 0 Å². The van der Waals surface area contributed by atoms with Gasteiger partial charge in [0, 0.05) is 0 Å². The Morgan fingerprint density at radius 2 is 0.389 bits per heavy atom. The molecule has 0 bridgehead atoms. The predicted octanol–water partition coefficient (Wildman–Crippen LogP) is 5.47. The quantitative estimate of drug-likeness (QED) is 0.243. The van der Waals surface area contributed by atoms with E-state index in [2.05, 4.69) is 156 Å². The Morgan fingerprint density at radius 1 is 0.250 bits per heavy atom. The zero-order chi connectivity index (χ0) is 25.4. The Kier molecular flexibility index (Phi) is 6.44. The maximum absolute atomic E-state index is 4.61. The van der Waals surface area contributed by atoms with Crippen molar-refractivity contribution in [2.75, 3.05) is 0 Å². The van der Waals surface area contributed by atoms with Crippen LogP contribution in [0.4, 0.5) is 0 Å². The number of hydrogen-bond acceptors (Lipinski definition) is 0. The minimum atomic E-state index is -4.61. The third-order valence-corrected chi connectivity index (χ3v) is 26.7. The number of aryl methyl sites for hydroxylation is 5. The molecule has 0 fully saturated rings. The fourth-order valence-electron chi connectivity index (χ4n) is 5.71. The van der Waals surface area contributed by atoms with Crippen molar-refractivity contribution in [1.82, 2.24) is 0 Å². The van der Waals surface area contributed by atoms with Gasteiger partial charge in [0.05, 0.1) is 0 Å². The Hall–Kier alpha value is -3.08. The van der Waals surface area contributed by atoms with Crippen molar-refractivity contribution in [3.8, 4) is 0 Å². The SMILES string of the molecule is Cc1cc[c]([Sb]([c]2ccc(C)cc2)([c]2ccc(C)cc2)([c]2ccc(C)cc2)[c]2ccc(C)cc2)cc1. The fraction of sp³-hybridized carbons (Fsp3) is 0.143. The molecule has 0 aliphatic rings. The molecular formula is C35H35Sb. The Bertz CT molecular complexity index is 1190. The molecule has 5 aromatic carbocycles. The Morgan fingerprint density at radius 3 is 0.528 bits per heavy atom. The molecule has 0 saturated heterocycles. The zero-order valence-corrected chi connectivity index (χ0v) is 24.5. The first-order valence-corrected chi connectivity index (χ1v) is 19.1. The second-order valence-corrected chi connectivity index (χ2v) is 24.0. The van der Waals surface area contributed by atoms with Gasteiger partial charge in [0.1, 0.15) is 0 Å². The molecule has 0 N–H and O–H groups in total. The third-order valence-electron chi connectivity index (χ3n) is 7.75. The molecule has 180 valence electrons. The molecule has 1 heteroatoms. The zero-order valence-electron chi connectivity index (χ0n) is 22.0. The molecule has 0 saturated carbocycles. The molecule has 0 spiro atoms. The van der Waals surface area contributed by atoms with E-state index in [-0.39, 0.29) is 0 Å². The monoisotopic (exact) mass is 576 g/mol. The van der Waals surface area contributed by atoms with E-state index < -0.39 is 17.4 Å². The number of rotatable bonds is 5. The second-order valence-electron chi connectivity index (χ2n) is 10.3. The molecule has 5 aromatic rings. The van der Waals surface area contributed by atoms with Crippen molar-refractivity contribution < 1.29 is 0 Å². The van der Waals surface area contributed by atoms with Gasteiger partial charge in [0.25, 0.3) is 0 Å². The van der Waals surface area contributed by atoms with E-state index in [1.807, 2.05) is 0 Å². The fourth-order valence-corrected chi connectivity index (χ4v) is 24.9. The van der Waals surface area contributed by atoms with E-state index in [0.717, 1.165) is 0 Å². The molecule has 0 unspecified atom stereocenters. The second kappa shape index (κ2) is 9.42. The minimum absolute atomic E-state index is 1.29. The molecule has 0 nitrogen and oxygen atoms in total. The van der Waals surface area contributed by atoms with Gasteiger partial charge in [0.15, 0.2) is 0 Å². The molecule has 0 radical (unpaired) electrons. The summed E-state index contributed by atoms with van der Waals surface area (Å²) in [6.45, 7) is 10.9. The molecule has 0 aliphatic carbocycles. The van der Waals surface area contributed by atoms with Gasteiger partial charge in [-0.05, 0) is 0 Å². The number of benzene rings is 5. The predicted molar refractivity (Wildman–Crippen MR) is 160 cm³/mol. The van der Waals surface area contributed by atoms with Crippen molar-refractivity contribution in [3.05, 3.63) is 149 Å². The van der Waals surface area contributed by atoms with Crippen molar-refractivity contribution >= 4 is 34.9 Å².